The van der Waals surface area contributed by atoms with Gasteiger partial charge in [0.2, 0.25) is 0 Å². The van der Waals surface area contributed by atoms with Crippen LogP contribution in [0.25, 0.3) is 21.5 Å². The standard InChI is InChI=1S/C49H41N11O31S9/c1-22-4-7-25(8-5-22)93(68,69)59-32-14-23(2)31(18-36(32)91-12-3-13-92(65,66)67)53-54-33-19-40(97(79,80)81)34(20-39(33)96(76,77)78)55-57-45-41(98(82,83)84)16-27-26(47(45)61)9-11-30(49(27)100(88,89)90)52-56-35-21-37(94(70,71)72)28-17-42(99(85,86)87)46(48(62)43(28)44(35)50)58-51-29-10-6-24(60(63)64)15-38(29)95(73,74)75/h4-11,14-21,59,61-62H,3,12-13,50H2,1-2H3,(H,65,66,67)(H,70,71,72)(H,73,74,75)(H,76,77,78)(H,79,80,81)(H,82,83,84)(H,85,86,87)(H,88,89,90)/b54-53?,56-52+,57-55+,58-51?. The van der Waals surface area contributed by atoms with E-state index in [1.165, 1.54) is 31.2 Å². The summed E-state index contributed by atoms with van der Waals surface area (Å²) >= 11 is 0. The lowest BCUT2D eigenvalue weighted by atomic mass is 10.0. The van der Waals surface area contributed by atoms with E-state index in [9.17, 15) is 133 Å². The van der Waals surface area contributed by atoms with Gasteiger partial charge in [0, 0.05) is 34.4 Å². The predicted molar refractivity (Wildman–Crippen MR) is 340 cm³/mol. The average Bonchev–Trinajstić information content (AvgIpc) is 0.741. The average molecular weight is 1570 g/mol. The number of aryl methyl sites for hydroxylation is 2. The van der Waals surface area contributed by atoms with E-state index in [-0.39, 0.29) is 64.7 Å². The van der Waals surface area contributed by atoms with Crippen molar-refractivity contribution in [3.05, 3.63) is 118 Å². The minimum absolute atomic E-state index is 0.0135. The lowest BCUT2D eigenvalue weighted by molar-refractivity contribution is -0.385. The number of sulfonamides is 1. The Labute approximate surface area is 562 Å². The fourth-order valence-electron chi connectivity index (χ4n) is 8.89. The quantitative estimate of drug-likeness (QED) is 0.00674. The molecule has 0 aliphatic heterocycles. The highest BCUT2D eigenvalue weighted by molar-refractivity contribution is 7.92. The number of nitro groups is 1. The van der Waals surface area contributed by atoms with E-state index < -0.39 is 232 Å². The Hall–Kier alpha value is -9.69. The van der Waals surface area contributed by atoms with Crippen molar-refractivity contribution in [1.29, 1.82) is 0 Å². The molecule has 8 aromatic rings. The minimum Gasteiger partial charge on any atom is -0.505 e. The van der Waals surface area contributed by atoms with Crippen LogP contribution in [0.3, 0.4) is 0 Å². The van der Waals surface area contributed by atoms with E-state index in [1.54, 1.807) is 6.92 Å². The highest BCUT2D eigenvalue weighted by Crippen LogP contribution is 2.51. The number of rotatable bonds is 24. The van der Waals surface area contributed by atoms with Crippen LogP contribution in [-0.4, -0.2) is 140 Å². The summed E-state index contributed by atoms with van der Waals surface area (Å²) in [6.45, 7) is 2.45. The summed E-state index contributed by atoms with van der Waals surface area (Å²) < 4.78 is 318. The highest BCUT2D eigenvalue weighted by atomic mass is 32.3. The third-order valence-corrected chi connectivity index (χ3v) is 21.7. The predicted octanol–water partition coefficient (Wildman–Crippen LogP) is 8.36. The zero-order valence-electron chi connectivity index (χ0n) is 49.2. The van der Waals surface area contributed by atoms with Gasteiger partial charge in [-0.05, 0) is 92.6 Å². The van der Waals surface area contributed by atoms with E-state index in [1.807, 2.05) is 0 Å². The second kappa shape index (κ2) is 27.1. The number of hydrogen-bond donors (Lipinski definition) is 12. The molecule has 0 spiro atoms. The first-order valence-corrected chi connectivity index (χ1v) is 39.2. The van der Waals surface area contributed by atoms with Crippen molar-refractivity contribution in [3.63, 3.8) is 0 Å². The van der Waals surface area contributed by atoms with Crippen LogP contribution < -0.4 is 15.2 Å². The van der Waals surface area contributed by atoms with Crippen molar-refractivity contribution >= 4 is 175 Å². The number of phenolic OH excluding ortho intramolecular Hbond substituents is 2. The van der Waals surface area contributed by atoms with Crippen LogP contribution in [-0.2, 0) is 91.0 Å². The van der Waals surface area contributed by atoms with Crippen molar-refractivity contribution in [2.24, 2.45) is 40.9 Å². The number of non-ortho nitro benzene ring substituents is 1. The third kappa shape index (κ3) is 16.9. The molecular formula is C49H41N11O31S9. The fourth-order valence-corrected chi connectivity index (χ4v) is 15.1. The van der Waals surface area contributed by atoms with Gasteiger partial charge in [-0.1, -0.05) is 17.7 Å². The zero-order valence-corrected chi connectivity index (χ0v) is 56.5. The van der Waals surface area contributed by atoms with E-state index in [4.69, 9.17) is 10.5 Å². The first kappa shape index (κ1) is 76.1. The number of nitrogen functional groups attached to an aromatic ring is 1. The first-order valence-electron chi connectivity index (χ1n) is 26.0. The van der Waals surface area contributed by atoms with Crippen LogP contribution >= 0.6 is 0 Å². The number of nitro benzene ring substituents is 1. The Balaban J connectivity index is 1.25. The maximum atomic E-state index is 13.4. The Morgan fingerprint density at radius 2 is 0.910 bits per heavy atom. The maximum absolute atomic E-state index is 13.4. The maximum Gasteiger partial charge on any atom is 0.297 e. The van der Waals surface area contributed by atoms with Crippen molar-refractivity contribution in [2.75, 3.05) is 22.8 Å². The van der Waals surface area contributed by atoms with E-state index in [2.05, 4.69) is 45.6 Å². The lowest BCUT2D eigenvalue weighted by Crippen LogP contribution is -2.15. The molecule has 0 aliphatic carbocycles. The van der Waals surface area contributed by atoms with Crippen molar-refractivity contribution < 1.29 is 132 Å². The summed E-state index contributed by atoms with van der Waals surface area (Å²) in [5.74, 6) is -4.43. The fraction of sp³-hybridized carbons (Fsp3) is 0.102. The largest absolute Gasteiger partial charge is 0.505 e. The normalized spacial score (nSPS) is 13.4. The van der Waals surface area contributed by atoms with Gasteiger partial charge < -0.3 is 20.7 Å². The summed E-state index contributed by atoms with van der Waals surface area (Å²) in [7, 11) is -49.1. The van der Waals surface area contributed by atoms with E-state index in [0.717, 1.165) is 12.1 Å². The second-order valence-electron chi connectivity index (χ2n) is 20.2. The molecule has 0 bridgehead atoms. The number of fused-ring (bicyclic) bond motifs is 2. The number of phenols is 2. The molecule has 8 rings (SSSR count). The van der Waals surface area contributed by atoms with Crippen LogP contribution in [0.1, 0.15) is 17.5 Å². The van der Waals surface area contributed by atoms with Crippen molar-refractivity contribution in [2.45, 2.75) is 59.4 Å². The van der Waals surface area contributed by atoms with Crippen molar-refractivity contribution in [1.82, 2.24) is 0 Å². The third-order valence-electron chi connectivity index (χ3n) is 13.3. The monoisotopic (exact) mass is 1570 g/mol. The SMILES string of the molecule is Cc1ccc(S(=O)(=O)Nc2cc(C)c(N=Nc3cc(S(=O)(=O)O)c(/N=N/c4c(S(=O)(=O)O)cc5c(S(=O)(=O)O)c(/N=N/c6cc(S(=O)(=O)O)c7cc(S(=O)(=O)O)c(N=Nc8ccc([N+](=O)[O-])cc8S(=O)(=O)O)c(O)c7c6N)ccc5c4O)cc3S(=O)(=O)O)cc2OCCCS(=O)(=O)O)cc1. The number of anilines is 2. The molecule has 0 atom stereocenters. The Morgan fingerprint density at radius 3 is 1.42 bits per heavy atom. The number of azo groups is 4. The number of benzene rings is 8. The number of aromatic hydroxyl groups is 2. The summed E-state index contributed by atoms with van der Waals surface area (Å²) in [4.78, 5) is -0.652. The number of nitrogens with two attached hydrogens (primary N) is 1. The molecule has 13 N–H and O–H groups in total. The van der Waals surface area contributed by atoms with Gasteiger partial charge in [-0.15, -0.1) is 35.8 Å². The van der Waals surface area contributed by atoms with E-state index in [0.29, 0.717) is 29.8 Å². The van der Waals surface area contributed by atoms with Gasteiger partial charge >= 0.3 is 0 Å². The molecule has 0 aromatic heterocycles. The summed E-state index contributed by atoms with van der Waals surface area (Å²) in [5.41, 5.74) is -4.49. The Kier molecular flexibility index (Phi) is 20.6. The molecule has 0 amide bonds. The van der Waals surface area contributed by atoms with Gasteiger partial charge in [0.15, 0.2) is 11.5 Å². The summed E-state index contributed by atoms with van der Waals surface area (Å²) in [6, 6.07) is 11.1. The van der Waals surface area contributed by atoms with Crippen LogP contribution in [0.5, 0.6) is 17.2 Å². The topological polar surface area (TPSA) is 699 Å². The van der Waals surface area contributed by atoms with Crippen LogP contribution in [0.4, 0.5) is 62.6 Å². The molecule has 0 saturated heterocycles. The molecule has 51 heteroatoms. The number of ether oxygens (including phenoxy) is 1. The van der Waals surface area contributed by atoms with E-state index >= 15 is 0 Å². The molecule has 532 valence electrons. The van der Waals surface area contributed by atoms with Gasteiger partial charge in [0.25, 0.3) is 96.7 Å². The molecule has 100 heavy (non-hydrogen) atoms. The smallest absolute Gasteiger partial charge is 0.297 e. The van der Waals surface area contributed by atoms with Gasteiger partial charge in [0.1, 0.15) is 79.8 Å². The first-order chi connectivity index (χ1) is 45.8. The molecule has 0 heterocycles. The zero-order chi connectivity index (χ0) is 74.7. The summed E-state index contributed by atoms with van der Waals surface area (Å²) in [5, 5.41) is 58.4. The Morgan fingerprint density at radius 1 is 0.460 bits per heavy atom. The molecule has 0 fully saturated rings. The van der Waals surface area contributed by atoms with Crippen molar-refractivity contribution in [3.8, 4) is 17.2 Å². The molecular weight excluding hydrogens is 1530 g/mol. The van der Waals surface area contributed by atoms with Gasteiger partial charge in [-0.3, -0.25) is 51.3 Å². The number of nitrogens with zero attached hydrogens (tertiary/aromatic N) is 9. The van der Waals surface area contributed by atoms with Crippen LogP contribution in [0.15, 0.2) is 177 Å². The molecule has 0 saturated carbocycles. The molecule has 0 radical (unpaired) electrons. The van der Waals surface area contributed by atoms with Gasteiger partial charge in [-0.25, -0.2) is 8.42 Å². The summed E-state index contributed by atoms with van der Waals surface area (Å²) in [6.07, 6.45) is -0.377. The number of hydrogen-bond acceptors (Lipinski definition) is 32. The lowest BCUT2D eigenvalue weighted by Gasteiger charge is -2.16. The molecule has 42 nitrogen and oxygen atoms in total. The number of nitrogens with one attached hydrogen (secondary N) is 1. The molecule has 0 unspecified atom stereocenters. The van der Waals surface area contributed by atoms with Gasteiger partial charge in [-0.2, -0.15) is 72.5 Å². The van der Waals surface area contributed by atoms with Crippen LogP contribution in [0, 0.1) is 24.0 Å². The van der Waals surface area contributed by atoms with Crippen LogP contribution in [0.2, 0.25) is 0 Å². The molecule has 0 aliphatic rings. The second-order valence-corrected chi connectivity index (χ2v) is 33.2. The molecule has 8 aromatic carbocycles. The van der Waals surface area contributed by atoms with Gasteiger partial charge in [0.05, 0.1) is 44.6 Å². The Bertz CT molecular complexity index is 6100. The minimum atomic E-state index is -5.94. The highest BCUT2D eigenvalue weighted by Gasteiger charge is 2.33.